The van der Waals surface area contributed by atoms with E-state index in [0.717, 1.165) is 11.1 Å². The van der Waals surface area contributed by atoms with Crippen molar-refractivity contribution in [3.05, 3.63) is 71.4 Å². The summed E-state index contributed by atoms with van der Waals surface area (Å²) in [5.74, 6) is 0.0944. The summed E-state index contributed by atoms with van der Waals surface area (Å²) in [6, 6.07) is 14.0. The molecule has 2 amide bonds. The van der Waals surface area contributed by atoms with Crippen molar-refractivity contribution >= 4 is 17.7 Å². The van der Waals surface area contributed by atoms with Crippen LogP contribution in [0.3, 0.4) is 0 Å². The first-order chi connectivity index (χ1) is 14.0. The SMILES string of the molecule is C=CCOc1ccc(-c2ccc(N3CC(CNC(C)=O)OC3=O)cc2)ccc1=O. The zero-order valence-electron chi connectivity index (χ0n) is 16.1. The lowest BCUT2D eigenvalue weighted by atomic mass is 10.1. The smallest absolute Gasteiger partial charge is 0.414 e. The van der Waals surface area contributed by atoms with Crippen molar-refractivity contribution < 1.29 is 19.1 Å². The molecular formula is C22H22N2O5. The molecule has 0 aromatic heterocycles. The molecule has 1 aliphatic rings. The summed E-state index contributed by atoms with van der Waals surface area (Å²) in [5.41, 5.74) is 2.22. The minimum atomic E-state index is -0.445. The Morgan fingerprint density at radius 3 is 2.48 bits per heavy atom. The molecule has 1 heterocycles. The van der Waals surface area contributed by atoms with Gasteiger partial charge in [0.1, 0.15) is 12.7 Å². The second kappa shape index (κ2) is 9.05. The number of carbonyl (C=O) groups is 2. The number of nitrogens with one attached hydrogen (secondary N) is 1. The number of amides is 2. The molecule has 1 aliphatic heterocycles. The molecular weight excluding hydrogens is 372 g/mol. The molecule has 0 bridgehead atoms. The predicted molar refractivity (Wildman–Crippen MR) is 110 cm³/mol. The van der Waals surface area contributed by atoms with Crippen LogP contribution in [0.2, 0.25) is 0 Å². The van der Waals surface area contributed by atoms with Crippen LogP contribution in [0.4, 0.5) is 10.5 Å². The first-order valence-corrected chi connectivity index (χ1v) is 9.19. The molecule has 7 nitrogen and oxygen atoms in total. The predicted octanol–water partition coefficient (Wildman–Crippen LogP) is 2.74. The van der Waals surface area contributed by atoms with Crippen molar-refractivity contribution in [2.45, 2.75) is 13.0 Å². The van der Waals surface area contributed by atoms with Gasteiger partial charge < -0.3 is 14.8 Å². The third-order valence-electron chi connectivity index (χ3n) is 4.39. The van der Waals surface area contributed by atoms with E-state index in [-0.39, 0.29) is 36.3 Å². The van der Waals surface area contributed by atoms with E-state index >= 15 is 0 Å². The van der Waals surface area contributed by atoms with E-state index in [2.05, 4.69) is 11.9 Å². The van der Waals surface area contributed by atoms with Gasteiger partial charge in [0.2, 0.25) is 11.3 Å². The average molecular weight is 394 g/mol. The van der Waals surface area contributed by atoms with Gasteiger partial charge in [-0.1, -0.05) is 36.9 Å². The van der Waals surface area contributed by atoms with Crippen LogP contribution in [-0.2, 0) is 9.53 Å². The van der Waals surface area contributed by atoms with Gasteiger partial charge in [0, 0.05) is 12.6 Å². The van der Waals surface area contributed by atoms with Crippen molar-refractivity contribution in [1.82, 2.24) is 5.32 Å². The number of cyclic esters (lactones) is 1. The van der Waals surface area contributed by atoms with E-state index in [9.17, 15) is 14.4 Å². The van der Waals surface area contributed by atoms with E-state index in [0.29, 0.717) is 12.2 Å². The maximum Gasteiger partial charge on any atom is 0.414 e. The third-order valence-corrected chi connectivity index (χ3v) is 4.39. The number of anilines is 1. The molecule has 0 saturated carbocycles. The molecule has 1 saturated heterocycles. The van der Waals surface area contributed by atoms with Crippen molar-refractivity contribution in [3.63, 3.8) is 0 Å². The van der Waals surface area contributed by atoms with Gasteiger partial charge in [0.15, 0.2) is 5.75 Å². The number of ether oxygens (including phenoxy) is 2. The normalized spacial score (nSPS) is 15.6. The molecule has 0 spiro atoms. The number of rotatable bonds is 7. The van der Waals surface area contributed by atoms with Gasteiger partial charge >= 0.3 is 6.09 Å². The molecule has 29 heavy (non-hydrogen) atoms. The molecule has 1 fully saturated rings. The van der Waals surface area contributed by atoms with Crippen molar-refractivity contribution in [2.75, 3.05) is 24.6 Å². The van der Waals surface area contributed by atoms with E-state index in [1.54, 1.807) is 18.2 Å². The van der Waals surface area contributed by atoms with Gasteiger partial charge in [-0.2, -0.15) is 0 Å². The minimum Gasteiger partial charge on any atom is -0.485 e. The zero-order valence-corrected chi connectivity index (χ0v) is 16.1. The molecule has 150 valence electrons. The summed E-state index contributed by atoms with van der Waals surface area (Å²) in [6.07, 6.45) is 0.749. The van der Waals surface area contributed by atoms with Crippen LogP contribution < -0.4 is 20.4 Å². The molecule has 2 aromatic rings. The maximum absolute atomic E-state index is 12.1. The highest BCUT2D eigenvalue weighted by atomic mass is 16.6. The topological polar surface area (TPSA) is 84.9 Å². The van der Waals surface area contributed by atoms with E-state index < -0.39 is 6.09 Å². The number of benzene rings is 1. The van der Waals surface area contributed by atoms with Crippen LogP contribution in [-0.4, -0.2) is 37.8 Å². The van der Waals surface area contributed by atoms with Crippen LogP contribution >= 0.6 is 0 Å². The largest absolute Gasteiger partial charge is 0.485 e. The standard InChI is InChI=1S/C22H22N2O5/c1-3-12-28-21-11-7-17(6-10-20(21)26)16-4-8-18(9-5-16)24-14-19(29-22(24)27)13-23-15(2)25/h3-11,19H,1,12-14H2,2H3,(H,23,25). The van der Waals surface area contributed by atoms with Gasteiger partial charge in [0.25, 0.3) is 0 Å². The van der Waals surface area contributed by atoms with Gasteiger partial charge in [-0.05, 0) is 35.4 Å². The molecule has 1 N–H and O–H groups in total. The second-order valence-electron chi connectivity index (χ2n) is 6.55. The molecule has 1 atom stereocenters. The van der Waals surface area contributed by atoms with E-state index in [1.165, 1.54) is 17.9 Å². The molecule has 7 heteroatoms. The highest BCUT2D eigenvalue weighted by molar-refractivity contribution is 5.90. The quantitative estimate of drug-likeness (QED) is 0.730. The zero-order chi connectivity index (χ0) is 20.8. The van der Waals surface area contributed by atoms with Gasteiger partial charge in [-0.15, -0.1) is 0 Å². The highest BCUT2D eigenvalue weighted by Crippen LogP contribution is 2.26. The summed E-state index contributed by atoms with van der Waals surface area (Å²) in [5, 5.41) is 2.65. The fourth-order valence-corrected chi connectivity index (χ4v) is 2.94. The fourth-order valence-electron chi connectivity index (χ4n) is 2.94. The van der Waals surface area contributed by atoms with Crippen molar-refractivity contribution in [3.8, 4) is 16.9 Å². The fraction of sp³-hybridized carbons (Fsp3) is 0.227. The first kappa shape index (κ1) is 20.1. The van der Waals surface area contributed by atoms with Gasteiger partial charge in [-0.3, -0.25) is 14.5 Å². The first-order valence-electron chi connectivity index (χ1n) is 9.19. The second-order valence-corrected chi connectivity index (χ2v) is 6.55. The molecule has 3 rings (SSSR count). The molecule has 0 aliphatic carbocycles. The summed E-state index contributed by atoms with van der Waals surface area (Å²) in [4.78, 5) is 36.7. The Bertz CT molecular complexity index is 972. The molecule has 1 unspecified atom stereocenters. The highest BCUT2D eigenvalue weighted by Gasteiger charge is 2.32. The Hall–Kier alpha value is -3.61. The number of nitrogens with zero attached hydrogens (tertiary/aromatic N) is 1. The van der Waals surface area contributed by atoms with E-state index in [1.807, 2.05) is 30.3 Å². The Labute approximate surface area is 168 Å². The monoisotopic (exact) mass is 394 g/mol. The van der Waals surface area contributed by atoms with E-state index in [4.69, 9.17) is 9.47 Å². The Kier molecular flexibility index (Phi) is 6.29. The third kappa shape index (κ3) is 5.01. The van der Waals surface area contributed by atoms with Crippen molar-refractivity contribution in [2.24, 2.45) is 0 Å². The summed E-state index contributed by atoms with van der Waals surface area (Å²) >= 11 is 0. The molecule has 0 radical (unpaired) electrons. The van der Waals surface area contributed by atoms with Crippen LogP contribution in [0.1, 0.15) is 6.92 Å². The minimum absolute atomic E-state index is 0.167. The Balaban J connectivity index is 1.74. The summed E-state index contributed by atoms with van der Waals surface area (Å²) in [6.45, 7) is 5.90. The molecule has 2 aromatic carbocycles. The summed E-state index contributed by atoms with van der Waals surface area (Å²) < 4.78 is 10.6. The summed E-state index contributed by atoms with van der Waals surface area (Å²) in [7, 11) is 0. The van der Waals surface area contributed by atoms with Crippen molar-refractivity contribution in [1.29, 1.82) is 0 Å². The van der Waals surface area contributed by atoms with Crippen LogP contribution in [0.25, 0.3) is 11.1 Å². The number of carbonyl (C=O) groups excluding carboxylic acids is 2. The number of hydrogen-bond donors (Lipinski definition) is 1. The number of hydrogen-bond acceptors (Lipinski definition) is 5. The average Bonchev–Trinajstić information content (AvgIpc) is 2.98. The lowest BCUT2D eigenvalue weighted by Crippen LogP contribution is -2.33. The van der Waals surface area contributed by atoms with Crippen LogP contribution in [0.15, 0.2) is 66.0 Å². The lowest BCUT2D eigenvalue weighted by molar-refractivity contribution is -0.119. The Morgan fingerprint density at radius 2 is 1.83 bits per heavy atom. The van der Waals surface area contributed by atoms with Gasteiger partial charge in [-0.25, -0.2) is 4.79 Å². The maximum atomic E-state index is 12.1. The van der Waals surface area contributed by atoms with Crippen LogP contribution in [0.5, 0.6) is 5.75 Å². The Morgan fingerprint density at radius 1 is 1.17 bits per heavy atom. The van der Waals surface area contributed by atoms with Gasteiger partial charge in [0.05, 0.1) is 13.1 Å². The van der Waals surface area contributed by atoms with Crippen LogP contribution in [0, 0.1) is 0 Å². The lowest BCUT2D eigenvalue weighted by Gasteiger charge is -2.13.